The maximum Gasteiger partial charge on any atom is 0.261 e. The van der Waals surface area contributed by atoms with Gasteiger partial charge in [0, 0.05) is 0 Å². The average Bonchev–Trinajstić information content (AvgIpc) is 2.17. The molecule has 1 aromatic heterocycles. The molecule has 0 aliphatic rings. The molecular weight excluding hydrogens is 136 g/mol. The van der Waals surface area contributed by atoms with E-state index in [1.54, 1.807) is 0 Å². The van der Waals surface area contributed by atoms with Gasteiger partial charge in [0.25, 0.3) is 6.33 Å². The Balaban J connectivity index is 2.61. The highest BCUT2D eigenvalue weighted by Gasteiger charge is 1.97. The van der Waals surface area contributed by atoms with E-state index in [9.17, 15) is 0 Å². The summed E-state index contributed by atoms with van der Waals surface area (Å²) in [6.45, 7) is 3.18. The summed E-state index contributed by atoms with van der Waals surface area (Å²) in [5, 5.41) is 0. The van der Waals surface area contributed by atoms with Gasteiger partial charge >= 0.3 is 0 Å². The van der Waals surface area contributed by atoms with E-state index in [1.165, 1.54) is 4.09 Å². The predicted octanol–water partition coefficient (Wildman–Crippen LogP) is 1.19. The van der Waals surface area contributed by atoms with Gasteiger partial charge in [-0.15, -0.1) is 4.09 Å². The van der Waals surface area contributed by atoms with Gasteiger partial charge < -0.3 is 0 Å². The Hall–Kier alpha value is -0.500. The molecule has 0 saturated heterocycles. The number of nitrogens with zero attached hydrogens (tertiary/aromatic N) is 2. The quantitative estimate of drug-likeness (QED) is 0.591. The summed E-state index contributed by atoms with van der Waals surface area (Å²) >= 11 is 5.59. The Morgan fingerprint density at radius 2 is 2.44 bits per heavy atom. The second-order valence-electron chi connectivity index (χ2n) is 2.00. The number of imidazole rings is 1. The van der Waals surface area contributed by atoms with Gasteiger partial charge in [-0.2, -0.15) is 0 Å². The molecule has 2 nitrogen and oxygen atoms in total. The zero-order valence-electron chi connectivity index (χ0n) is 5.42. The lowest BCUT2D eigenvalue weighted by atomic mass is 10.5. The van der Waals surface area contributed by atoms with E-state index < -0.39 is 0 Å². The monoisotopic (exact) mass is 145 g/mol. The average molecular weight is 146 g/mol. The number of hydrogen-bond acceptors (Lipinski definition) is 0. The molecule has 0 aromatic carbocycles. The lowest BCUT2D eigenvalue weighted by Crippen LogP contribution is -2.14. The van der Waals surface area contributed by atoms with Gasteiger partial charge in [0.15, 0.2) is 0 Å². The van der Waals surface area contributed by atoms with E-state index >= 15 is 0 Å². The highest BCUT2D eigenvalue weighted by molar-refractivity contribution is 6.04. The summed E-state index contributed by atoms with van der Waals surface area (Å²) in [6, 6.07) is 0. The van der Waals surface area contributed by atoms with Crippen LogP contribution in [0.15, 0.2) is 18.7 Å². The molecule has 0 radical (unpaired) electrons. The molecule has 0 atom stereocenters. The molecule has 1 aromatic rings. The number of aryl methyl sites for hydroxylation is 1. The topological polar surface area (TPSA) is 8.81 Å². The smallest absolute Gasteiger partial charge is 0.236 e. The summed E-state index contributed by atoms with van der Waals surface area (Å²) in [6.07, 6.45) is 6.77. The highest BCUT2D eigenvalue weighted by Crippen LogP contribution is 1.87. The summed E-state index contributed by atoms with van der Waals surface area (Å²) in [5.74, 6) is 0. The molecule has 0 fully saturated rings. The molecule has 0 saturated carbocycles. The zero-order valence-corrected chi connectivity index (χ0v) is 6.17. The Kier molecular flexibility index (Phi) is 2.11. The van der Waals surface area contributed by atoms with Crippen molar-refractivity contribution in [3.63, 3.8) is 0 Å². The number of rotatable bonds is 2. The summed E-state index contributed by atoms with van der Waals surface area (Å²) < 4.78 is 3.57. The first-order valence-electron chi connectivity index (χ1n) is 3.06. The second kappa shape index (κ2) is 2.87. The van der Waals surface area contributed by atoms with E-state index in [1.807, 2.05) is 23.3 Å². The van der Waals surface area contributed by atoms with E-state index in [-0.39, 0.29) is 0 Å². The third-order valence-corrected chi connectivity index (χ3v) is 1.34. The normalized spacial score (nSPS) is 10.0. The van der Waals surface area contributed by atoms with Crippen molar-refractivity contribution in [2.45, 2.75) is 19.9 Å². The van der Waals surface area contributed by atoms with Crippen molar-refractivity contribution >= 4 is 11.8 Å². The SMILES string of the molecule is CCCn1cc[n+](Cl)c1. The summed E-state index contributed by atoms with van der Waals surface area (Å²) in [7, 11) is 0. The van der Waals surface area contributed by atoms with Crippen molar-refractivity contribution in [1.82, 2.24) is 4.57 Å². The standard InChI is InChI=1S/C6H10ClN2/c1-2-3-8-4-5-9(7)6-8/h4-6H,2-3H2,1H3/q+1. The molecule has 9 heavy (non-hydrogen) atoms. The second-order valence-corrected chi connectivity index (χ2v) is 2.39. The molecular formula is C6H10ClN2+. The van der Waals surface area contributed by atoms with Crippen molar-refractivity contribution < 1.29 is 4.09 Å². The molecule has 0 aliphatic heterocycles. The Labute approximate surface area is 59.8 Å². The van der Waals surface area contributed by atoms with E-state index in [2.05, 4.69) is 6.92 Å². The van der Waals surface area contributed by atoms with E-state index in [0.29, 0.717) is 0 Å². The summed E-state index contributed by atoms with van der Waals surface area (Å²) in [4.78, 5) is 0. The molecule has 1 rings (SSSR count). The molecule has 3 heteroatoms. The maximum absolute atomic E-state index is 5.59. The first-order valence-corrected chi connectivity index (χ1v) is 3.40. The van der Waals surface area contributed by atoms with Crippen molar-refractivity contribution in [1.29, 1.82) is 0 Å². The molecule has 0 aliphatic carbocycles. The van der Waals surface area contributed by atoms with Crippen LogP contribution in [0.3, 0.4) is 0 Å². The van der Waals surface area contributed by atoms with Crippen LogP contribution < -0.4 is 4.09 Å². The van der Waals surface area contributed by atoms with Crippen LogP contribution in [0.4, 0.5) is 0 Å². The zero-order chi connectivity index (χ0) is 6.69. The maximum atomic E-state index is 5.59. The molecule has 0 spiro atoms. The van der Waals surface area contributed by atoms with Crippen LogP contribution in [0.1, 0.15) is 13.3 Å². The van der Waals surface area contributed by atoms with Crippen LogP contribution in [-0.2, 0) is 6.54 Å². The molecule has 0 amide bonds. The third-order valence-electron chi connectivity index (χ3n) is 1.14. The number of hydrogen-bond donors (Lipinski definition) is 0. The fourth-order valence-corrected chi connectivity index (χ4v) is 0.921. The van der Waals surface area contributed by atoms with Crippen LogP contribution in [0, 0.1) is 0 Å². The van der Waals surface area contributed by atoms with Crippen molar-refractivity contribution in [3.05, 3.63) is 18.7 Å². The van der Waals surface area contributed by atoms with Gasteiger partial charge in [0.05, 0.1) is 6.54 Å². The fraction of sp³-hybridized carbons (Fsp3) is 0.500. The third kappa shape index (κ3) is 1.72. The van der Waals surface area contributed by atoms with Crippen molar-refractivity contribution in [2.24, 2.45) is 0 Å². The van der Waals surface area contributed by atoms with Gasteiger partial charge in [0.1, 0.15) is 24.2 Å². The number of halogens is 1. The Morgan fingerprint density at radius 3 is 2.89 bits per heavy atom. The van der Waals surface area contributed by atoms with Gasteiger partial charge in [0.2, 0.25) is 0 Å². The Bertz CT molecular complexity index is 183. The first kappa shape index (κ1) is 6.62. The number of aromatic nitrogens is 2. The largest absolute Gasteiger partial charge is 0.261 e. The van der Waals surface area contributed by atoms with Crippen LogP contribution >= 0.6 is 11.8 Å². The minimum absolute atomic E-state index is 1.04. The molecule has 1 heterocycles. The van der Waals surface area contributed by atoms with E-state index in [0.717, 1.165) is 13.0 Å². The van der Waals surface area contributed by atoms with Gasteiger partial charge in [-0.3, -0.25) is 0 Å². The van der Waals surface area contributed by atoms with Gasteiger partial charge in [-0.05, 0) is 6.42 Å². The van der Waals surface area contributed by atoms with Crippen molar-refractivity contribution in [3.8, 4) is 0 Å². The Morgan fingerprint density at radius 1 is 1.67 bits per heavy atom. The lowest BCUT2D eigenvalue weighted by Gasteiger charge is -1.86. The first-order chi connectivity index (χ1) is 4.33. The molecule has 0 bridgehead atoms. The van der Waals surface area contributed by atoms with Crippen LogP contribution in [0.25, 0.3) is 0 Å². The van der Waals surface area contributed by atoms with E-state index in [4.69, 9.17) is 11.8 Å². The lowest BCUT2D eigenvalue weighted by molar-refractivity contribution is -0.518. The van der Waals surface area contributed by atoms with Crippen LogP contribution in [0.2, 0.25) is 0 Å². The van der Waals surface area contributed by atoms with Crippen molar-refractivity contribution in [2.75, 3.05) is 0 Å². The minimum atomic E-state index is 1.04. The van der Waals surface area contributed by atoms with Crippen LogP contribution in [0.5, 0.6) is 0 Å². The molecule has 50 valence electrons. The predicted molar refractivity (Wildman–Crippen MR) is 36.2 cm³/mol. The molecule has 0 N–H and O–H groups in total. The highest BCUT2D eigenvalue weighted by atomic mass is 35.5. The van der Waals surface area contributed by atoms with Crippen LogP contribution in [-0.4, -0.2) is 4.57 Å². The van der Waals surface area contributed by atoms with Gasteiger partial charge in [-0.25, -0.2) is 4.57 Å². The molecule has 0 unspecified atom stereocenters. The summed E-state index contributed by atoms with van der Waals surface area (Å²) in [5.41, 5.74) is 0. The fourth-order valence-electron chi connectivity index (χ4n) is 0.758. The minimum Gasteiger partial charge on any atom is -0.236 e. The van der Waals surface area contributed by atoms with Gasteiger partial charge in [-0.1, -0.05) is 6.92 Å².